The highest BCUT2D eigenvalue weighted by molar-refractivity contribution is 7.99. The van der Waals surface area contributed by atoms with Crippen LogP contribution in [0.25, 0.3) is 0 Å². The first-order valence-electron chi connectivity index (χ1n) is 8.16. The number of hydrogen-bond donors (Lipinski definition) is 1. The van der Waals surface area contributed by atoms with Crippen molar-refractivity contribution in [1.29, 1.82) is 0 Å². The van der Waals surface area contributed by atoms with Crippen LogP contribution >= 0.6 is 11.8 Å². The van der Waals surface area contributed by atoms with E-state index >= 15 is 0 Å². The van der Waals surface area contributed by atoms with Crippen molar-refractivity contribution in [3.05, 3.63) is 59.7 Å². The third-order valence-corrected chi connectivity index (χ3v) is 4.85. The van der Waals surface area contributed by atoms with Gasteiger partial charge in [-0.15, -0.1) is 10.2 Å². The van der Waals surface area contributed by atoms with Gasteiger partial charge in [0.15, 0.2) is 5.82 Å². The molecule has 0 saturated heterocycles. The first kappa shape index (κ1) is 17.3. The number of aromatic nitrogens is 4. The first-order chi connectivity index (χ1) is 12.1. The van der Waals surface area contributed by atoms with Crippen LogP contribution in [-0.2, 0) is 11.2 Å². The molecule has 0 bridgehead atoms. The molecule has 1 aromatic carbocycles. The van der Waals surface area contributed by atoms with Crippen molar-refractivity contribution in [2.45, 2.75) is 32.3 Å². The monoisotopic (exact) mass is 355 g/mol. The van der Waals surface area contributed by atoms with Crippen LogP contribution in [0.1, 0.15) is 23.9 Å². The highest BCUT2D eigenvalue weighted by atomic mass is 32.2. The summed E-state index contributed by atoms with van der Waals surface area (Å²) in [6, 6.07) is 9.80. The molecule has 0 saturated carbocycles. The highest BCUT2D eigenvalue weighted by Crippen LogP contribution is 2.19. The van der Waals surface area contributed by atoms with Crippen molar-refractivity contribution in [2.24, 2.45) is 0 Å². The molecule has 3 aromatic rings. The van der Waals surface area contributed by atoms with Gasteiger partial charge in [-0.2, -0.15) is 0 Å². The average Bonchev–Trinajstić information content (AvgIpc) is 3.24. The molecule has 0 aliphatic heterocycles. The fourth-order valence-electron chi connectivity index (χ4n) is 2.44. The van der Waals surface area contributed by atoms with Gasteiger partial charge in [0.2, 0.25) is 11.1 Å². The van der Waals surface area contributed by atoms with Crippen LogP contribution in [0.2, 0.25) is 0 Å². The minimum absolute atomic E-state index is 0.0617. The molecule has 1 N–H and O–H groups in total. The van der Waals surface area contributed by atoms with Crippen LogP contribution in [0.15, 0.2) is 47.9 Å². The second kappa shape index (κ2) is 7.57. The number of amides is 1. The highest BCUT2D eigenvalue weighted by Gasteiger charge is 2.14. The molecule has 2 heterocycles. The molecule has 1 amide bonds. The summed E-state index contributed by atoms with van der Waals surface area (Å²) in [5, 5.41) is 12.1. The number of aryl methyl sites for hydroxylation is 3. The van der Waals surface area contributed by atoms with Gasteiger partial charge in [0, 0.05) is 24.5 Å². The lowest BCUT2D eigenvalue weighted by atomic mass is 10.1. The standard InChI is InChI=1S/C18H21N5OS/c1-4-16-20-21-18(23(16)22-9-5-6-10-22)25-12-17(24)19-15-8-7-13(2)14(3)11-15/h5-11H,4,12H2,1-3H3,(H,19,24). The van der Waals surface area contributed by atoms with Gasteiger partial charge >= 0.3 is 0 Å². The van der Waals surface area contributed by atoms with Gasteiger partial charge in [-0.05, 0) is 49.2 Å². The molecule has 0 aliphatic rings. The largest absolute Gasteiger partial charge is 0.325 e. The molecule has 25 heavy (non-hydrogen) atoms. The smallest absolute Gasteiger partial charge is 0.234 e. The Morgan fingerprint density at radius 2 is 1.92 bits per heavy atom. The van der Waals surface area contributed by atoms with Crippen LogP contribution in [0.4, 0.5) is 5.69 Å². The van der Waals surface area contributed by atoms with E-state index in [-0.39, 0.29) is 11.7 Å². The molecule has 0 unspecified atom stereocenters. The molecular weight excluding hydrogens is 334 g/mol. The van der Waals surface area contributed by atoms with Crippen molar-refractivity contribution >= 4 is 23.4 Å². The lowest BCUT2D eigenvalue weighted by Crippen LogP contribution is -2.16. The van der Waals surface area contributed by atoms with Crippen LogP contribution in [-0.4, -0.2) is 31.2 Å². The fraction of sp³-hybridized carbons (Fsp3) is 0.278. The van der Waals surface area contributed by atoms with Crippen molar-refractivity contribution < 1.29 is 4.79 Å². The van der Waals surface area contributed by atoms with Gasteiger partial charge in [0.1, 0.15) is 0 Å². The summed E-state index contributed by atoms with van der Waals surface area (Å²) >= 11 is 1.37. The third-order valence-electron chi connectivity index (χ3n) is 3.94. The number of thioether (sulfide) groups is 1. The Balaban J connectivity index is 1.68. The summed E-state index contributed by atoms with van der Waals surface area (Å²) < 4.78 is 3.84. The Kier molecular flexibility index (Phi) is 5.23. The Labute approximate surface area is 151 Å². The molecule has 0 atom stereocenters. The van der Waals surface area contributed by atoms with Crippen molar-refractivity contribution in [3.63, 3.8) is 0 Å². The SMILES string of the molecule is CCc1nnc(SCC(=O)Nc2ccc(C)c(C)c2)n1-n1cccc1. The topological polar surface area (TPSA) is 64.7 Å². The summed E-state index contributed by atoms with van der Waals surface area (Å²) in [5.41, 5.74) is 3.18. The summed E-state index contributed by atoms with van der Waals surface area (Å²) in [7, 11) is 0. The third kappa shape index (κ3) is 3.93. The minimum atomic E-state index is -0.0617. The van der Waals surface area contributed by atoms with E-state index in [1.807, 2.05) is 65.9 Å². The zero-order chi connectivity index (χ0) is 17.8. The van der Waals surface area contributed by atoms with Gasteiger partial charge in [0.25, 0.3) is 0 Å². The normalized spacial score (nSPS) is 10.8. The Bertz CT molecular complexity index is 870. The molecule has 3 rings (SSSR count). The van der Waals surface area contributed by atoms with Gasteiger partial charge in [-0.25, -0.2) is 4.68 Å². The van der Waals surface area contributed by atoms with Gasteiger partial charge in [0.05, 0.1) is 5.75 Å². The zero-order valence-corrected chi connectivity index (χ0v) is 15.4. The van der Waals surface area contributed by atoms with Crippen LogP contribution < -0.4 is 5.32 Å². The first-order valence-corrected chi connectivity index (χ1v) is 9.15. The molecule has 130 valence electrons. The molecule has 0 spiro atoms. The molecular formula is C18H21N5OS. The second-order valence-corrected chi connectivity index (χ2v) is 6.71. The molecule has 0 aliphatic carbocycles. The quantitative estimate of drug-likeness (QED) is 0.689. The Morgan fingerprint density at radius 1 is 1.16 bits per heavy atom. The number of anilines is 1. The van der Waals surface area contributed by atoms with Crippen molar-refractivity contribution in [3.8, 4) is 0 Å². The van der Waals surface area contributed by atoms with E-state index < -0.39 is 0 Å². The van der Waals surface area contributed by atoms with E-state index in [0.717, 1.165) is 23.5 Å². The Hall–Kier alpha value is -2.54. The van der Waals surface area contributed by atoms with Gasteiger partial charge in [-0.3, -0.25) is 9.47 Å². The number of nitrogens with zero attached hydrogens (tertiary/aromatic N) is 4. The van der Waals surface area contributed by atoms with Gasteiger partial charge < -0.3 is 5.32 Å². The molecule has 7 heteroatoms. The van der Waals surface area contributed by atoms with E-state index in [1.54, 1.807) is 0 Å². The van der Waals surface area contributed by atoms with Gasteiger partial charge in [-0.1, -0.05) is 24.8 Å². The lowest BCUT2D eigenvalue weighted by molar-refractivity contribution is -0.113. The summed E-state index contributed by atoms with van der Waals surface area (Å²) in [5.74, 6) is 1.07. The number of carbonyl (C=O) groups is 1. The maximum atomic E-state index is 12.3. The molecule has 0 fully saturated rings. The van der Waals surface area contributed by atoms with E-state index in [4.69, 9.17) is 0 Å². The predicted molar refractivity (Wildman–Crippen MR) is 99.9 cm³/mol. The zero-order valence-electron chi connectivity index (χ0n) is 14.6. The van der Waals surface area contributed by atoms with Crippen molar-refractivity contribution in [1.82, 2.24) is 19.5 Å². The minimum Gasteiger partial charge on any atom is -0.325 e. The maximum Gasteiger partial charge on any atom is 0.234 e. The summed E-state index contributed by atoms with van der Waals surface area (Å²) in [6.07, 6.45) is 4.63. The van der Waals surface area contributed by atoms with E-state index in [2.05, 4.69) is 22.4 Å². The van der Waals surface area contributed by atoms with Crippen molar-refractivity contribution in [2.75, 3.05) is 11.1 Å². The second-order valence-electron chi connectivity index (χ2n) is 5.76. The number of carbonyl (C=O) groups excluding carboxylic acids is 1. The lowest BCUT2D eigenvalue weighted by Gasteiger charge is -2.10. The average molecular weight is 355 g/mol. The number of hydrogen-bond acceptors (Lipinski definition) is 4. The number of nitrogens with one attached hydrogen (secondary N) is 1. The summed E-state index contributed by atoms with van der Waals surface area (Å²) in [6.45, 7) is 6.12. The molecule has 2 aromatic heterocycles. The number of rotatable bonds is 6. The molecule has 0 radical (unpaired) electrons. The summed E-state index contributed by atoms with van der Waals surface area (Å²) in [4.78, 5) is 12.3. The van der Waals surface area contributed by atoms with Crippen LogP contribution in [0, 0.1) is 13.8 Å². The Morgan fingerprint density at radius 3 is 2.60 bits per heavy atom. The van der Waals surface area contributed by atoms with E-state index in [0.29, 0.717) is 5.16 Å². The maximum absolute atomic E-state index is 12.3. The fourth-order valence-corrected chi connectivity index (χ4v) is 3.20. The number of benzene rings is 1. The van der Waals surface area contributed by atoms with Crippen LogP contribution in [0.5, 0.6) is 0 Å². The van der Waals surface area contributed by atoms with E-state index in [9.17, 15) is 4.79 Å². The van der Waals surface area contributed by atoms with Crippen LogP contribution in [0.3, 0.4) is 0 Å². The van der Waals surface area contributed by atoms with E-state index in [1.165, 1.54) is 17.3 Å². The predicted octanol–water partition coefficient (Wildman–Crippen LogP) is 3.30. The molecule has 6 nitrogen and oxygen atoms in total.